The van der Waals surface area contributed by atoms with Crippen LogP contribution in [0.2, 0.25) is 0 Å². The lowest BCUT2D eigenvalue weighted by atomic mass is 9.93. The summed E-state index contributed by atoms with van der Waals surface area (Å²) in [7, 11) is 1.62. The second-order valence-electron chi connectivity index (χ2n) is 9.85. The Balaban J connectivity index is 1.24. The normalized spacial score (nSPS) is 17.1. The molecule has 5 rings (SSSR count). The van der Waals surface area contributed by atoms with Gasteiger partial charge in [-0.05, 0) is 62.1 Å². The van der Waals surface area contributed by atoms with Gasteiger partial charge in [0.1, 0.15) is 11.6 Å². The molecule has 0 atom stereocenters. The number of nitrogen functional groups attached to an aromatic ring is 1. The van der Waals surface area contributed by atoms with Crippen LogP contribution in [0.15, 0.2) is 48.7 Å². The van der Waals surface area contributed by atoms with Crippen LogP contribution >= 0.6 is 0 Å². The first-order valence-corrected chi connectivity index (χ1v) is 12.1. The summed E-state index contributed by atoms with van der Waals surface area (Å²) >= 11 is 0. The van der Waals surface area contributed by atoms with E-state index in [2.05, 4.69) is 22.1 Å². The van der Waals surface area contributed by atoms with Gasteiger partial charge in [-0.1, -0.05) is 6.92 Å². The molecule has 0 spiro atoms. The smallest absolute Gasteiger partial charge is 0.253 e. The molecule has 0 bridgehead atoms. The highest BCUT2D eigenvalue weighted by molar-refractivity contribution is 5.95. The summed E-state index contributed by atoms with van der Waals surface area (Å²) in [6.45, 7) is 4.27. The van der Waals surface area contributed by atoms with Crippen LogP contribution in [0, 0.1) is 5.41 Å². The van der Waals surface area contributed by atoms with Gasteiger partial charge in [-0.2, -0.15) is 5.10 Å². The minimum Gasteiger partial charge on any atom is -0.496 e. The van der Waals surface area contributed by atoms with E-state index in [1.54, 1.807) is 19.4 Å². The molecular formula is C27H31N5O3. The molecule has 1 saturated heterocycles. The Morgan fingerprint density at radius 3 is 2.54 bits per heavy atom. The molecule has 182 valence electrons. The van der Waals surface area contributed by atoms with Crippen LogP contribution in [0.1, 0.15) is 54.6 Å². The zero-order valence-electron chi connectivity index (χ0n) is 20.2. The summed E-state index contributed by atoms with van der Waals surface area (Å²) in [5.74, 6) is 1.98. The second-order valence-corrected chi connectivity index (χ2v) is 9.85. The predicted molar refractivity (Wildman–Crippen MR) is 133 cm³/mol. The standard InChI is InChI=1S/C27H31N5O3/c1-27(11-12-27)17-35-25-8-4-20(16-29-25)21-5-3-19(15-23(21)34-2)26(33)32-13-9-18(10-14-32)22-6-7-24(28)31-30-22/h3-8,15-16,18H,9-14,17H2,1-2H3,(H2,28,31). The van der Waals surface area contributed by atoms with Crippen LogP contribution in [0.4, 0.5) is 5.82 Å². The Morgan fingerprint density at radius 1 is 1.11 bits per heavy atom. The number of nitrogens with two attached hydrogens (primary N) is 1. The van der Waals surface area contributed by atoms with Crippen molar-refractivity contribution in [3.05, 3.63) is 59.9 Å². The summed E-state index contributed by atoms with van der Waals surface area (Å²) in [5.41, 5.74) is 9.30. The zero-order valence-corrected chi connectivity index (χ0v) is 20.2. The van der Waals surface area contributed by atoms with Crippen molar-refractivity contribution in [1.29, 1.82) is 0 Å². The van der Waals surface area contributed by atoms with E-state index in [-0.39, 0.29) is 11.8 Å². The van der Waals surface area contributed by atoms with Crippen molar-refractivity contribution in [1.82, 2.24) is 20.1 Å². The fourth-order valence-electron chi connectivity index (χ4n) is 4.43. The lowest BCUT2D eigenvalue weighted by Gasteiger charge is -2.31. The molecule has 1 amide bonds. The van der Waals surface area contributed by atoms with Gasteiger partial charge < -0.3 is 20.1 Å². The number of anilines is 1. The molecule has 35 heavy (non-hydrogen) atoms. The van der Waals surface area contributed by atoms with E-state index in [0.29, 0.717) is 48.1 Å². The summed E-state index contributed by atoms with van der Waals surface area (Å²) < 4.78 is 11.5. The number of nitrogens with zero attached hydrogens (tertiary/aromatic N) is 4. The highest BCUT2D eigenvalue weighted by Gasteiger charge is 2.38. The van der Waals surface area contributed by atoms with Crippen molar-refractivity contribution in [3.8, 4) is 22.8 Å². The highest BCUT2D eigenvalue weighted by atomic mass is 16.5. The third-order valence-corrected chi connectivity index (χ3v) is 7.07. The molecular weight excluding hydrogens is 442 g/mol. The number of carbonyl (C=O) groups excluding carboxylic acids is 1. The van der Waals surface area contributed by atoms with Gasteiger partial charge in [0.05, 0.1) is 19.4 Å². The Labute approximate surface area is 205 Å². The van der Waals surface area contributed by atoms with E-state index >= 15 is 0 Å². The van der Waals surface area contributed by atoms with Gasteiger partial charge in [0, 0.05) is 53.4 Å². The number of aromatic nitrogens is 3. The molecule has 3 aromatic rings. The number of ether oxygens (including phenoxy) is 2. The van der Waals surface area contributed by atoms with Crippen LogP contribution in [0.25, 0.3) is 11.1 Å². The second kappa shape index (κ2) is 9.52. The Bertz CT molecular complexity index is 1180. The lowest BCUT2D eigenvalue weighted by Crippen LogP contribution is -2.38. The van der Waals surface area contributed by atoms with Gasteiger partial charge in [0.2, 0.25) is 5.88 Å². The van der Waals surface area contributed by atoms with E-state index in [1.807, 2.05) is 41.3 Å². The maximum absolute atomic E-state index is 13.2. The molecule has 3 heterocycles. The Kier molecular flexibility index (Phi) is 6.28. The van der Waals surface area contributed by atoms with Gasteiger partial charge >= 0.3 is 0 Å². The SMILES string of the molecule is COc1cc(C(=O)N2CCC(c3ccc(N)nn3)CC2)ccc1-c1ccc(OCC2(C)CC2)nc1. The van der Waals surface area contributed by atoms with Crippen molar-refractivity contribution in [2.45, 2.75) is 38.5 Å². The molecule has 1 aliphatic carbocycles. The topological polar surface area (TPSA) is 103 Å². The molecule has 1 aliphatic heterocycles. The number of rotatable bonds is 7. The molecule has 2 fully saturated rings. The van der Waals surface area contributed by atoms with Crippen molar-refractivity contribution in [2.24, 2.45) is 5.41 Å². The van der Waals surface area contributed by atoms with Crippen LogP contribution in [-0.4, -0.2) is 52.8 Å². The molecule has 2 aliphatic rings. The highest BCUT2D eigenvalue weighted by Crippen LogP contribution is 2.45. The number of hydrogen-bond acceptors (Lipinski definition) is 7. The van der Waals surface area contributed by atoms with Crippen molar-refractivity contribution >= 4 is 11.7 Å². The number of hydrogen-bond donors (Lipinski definition) is 1. The molecule has 1 aromatic carbocycles. The summed E-state index contributed by atoms with van der Waals surface area (Å²) in [5, 5.41) is 8.17. The van der Waals surface area contributed by atoms with Gasteiger partial charge in [0.25, 0.3) is 5.91 Å². The monoisotopic (exact) mass is 473 g/mol. The number of benzene rings is 1. The quantitative estimate of drug-likeness (QED) is 0.545. The molecule has 2 N–H and O–H groups in total. The van der Waals surface area contributed by atoms with Gasteiger partial charge in [0.15, 0.2) is 0 Å². The zero-order chi connectivity index (χ0) is 24.4. The average Bonchev–Trinajstić information content (AvgIpc) is 3.65. The van der Waals surface area contributed by atoms with Crippen molar-refractivity contribution in [2.75, 3.05) is 32.5 Å². The average molecular weight is 474 g/mol. The van der Waals surface area contributed by atoms with E-state index in [0.717, 1.165) is 29.7 Å². The predicted octanol–water partition coefficient (Wildman–Crippen LogP) is 4.33. The first kappa shape index (κ1) is 23.1. The van der Waals surface area contributed by atoms with Crippen molar-refractivity contribution in [3.63, 3.8) is 0 Å². The van der Waals surface area contributed by atoms with Crippen LogP contribution in [0.5, 0.6) is 11.6 Å². The summed E-state index contributed by atoms with van der Waals surface area (Å²) in [4.78, 5) is 19.6. The fraction of sp³-hybridized carbons (Fsp3) is 0.407. The number of pyridine rings is 1. The van der Waals surface area contributed by atoms with E-state index in [9.17, 15) is 4.79 Å². The maximum atomic E-state index is 13.2. The van der Waals surface area contributed by atoms with Crippen molar-refractivity contribution < 1.29 is 14.3 Å². The first-order valence-electron chi connectivity index (χ1n) is 12.1. The summed E-state index contributed by atoms with van der Waals surface area (Å²) in [6.07, 6.45) is 5.90. The Morgan fingerprint density at radius 2 is 1.91 bits per heavy atom. The number of likely N-dealkylation sites (tertiary alicyclic amines) is 1. The Hall–Kier alpha value is -3.68. The van der Waals surface area contributed by atoms with E-state index in [4.69, 9.17) is 15.2 Å². The molecule has 8 nitrogen and oxygen atoms in total. The van der Waals surface area contributed by atoms with Gasteiger partial charge in [-0.25, -0.2) is 4.98 Å². The third-order valence-electron chi connectivity index (χ3n) is 7.07. The lowest BCUT2D eigenvalue weighted by molar-refractivity contribution is 0.0711. The first-order chi connectivity index (χ1) is 16.9. The number of methoxy groups -OCH3 is 1. The minimum atomic E-state index is 0.00661. The van der Waals surface area contributed by atoms with Gasteiger partial charge in [-0.15, -0.1) is 5.10 Å². The number of carbonyl (C=O) groups is 1. The largest absolute Gasteiger partial charge is 0.496 e. The van der Waals surface area contributed by atoms with E-state index < -0.39 is 0 Å². The minimum absolute atomic E-state index is 0.00661. The van der Waals surface area contributed by atoms with Gasteiger partial charge in [-0.3, -0.25) is 4.79 Å². The number of amides is 1. The van der Waals surface area contributed by atoms with E-state index in [1.165, 1.54) is 12.8 Å². The third kappa shape index (κ3) is 5.21. The maximum Gasteiger partial charge on any atom is 0.253 e. The number of piperidine rings is 1. The molecule has 2 aromatic heterocycles. The fourth-order valence-corrected chi connectivity index (χ4v) is 4.43. The summed E-state index contributed by atoms with van der Waals surface area (Å²) in [6, 6.07) is 13.2. The molecule has 0 unspecified atom stereocenters. The van der Waals surface area contributed by atoms with Crippen LogP contribution in [-0.2, 0) is 0 Å². The molecule has 1 saturated carbocycles. The molecule has 8 heteroatoms. The molecule has 0 radical (unpaired) electrons. The van der Waals surface area contributed by atoms with Crippen LogP contribution in [0.3, 0.4) is 0 Å². The van der Waals surface area contributed by atoms with Crippen LogP contribution < -0.4 is 15.2 Å².